The van der Waals surface area contributed by atoms with Crippen LogP contribution in [0.1, 0.15) is 16.8 Å². The molecule has 2 aromatic rings. The Hall–Kier alpha value is -2.50. The highest BCUT2D eigenvalue weighted by molar-refractivity contribution is 5.75. The lowest BCUT2D eigenvalue weighted by atomic mass is 10.2. The molecule has 6 heteroatoms. The van der Waals surface area contributed by atoms with Crippen LogP contribution in [0, 0.1) is 13.8 Å². The van der Waals surface area contributed by atoms with E-state index >= 15 is 0 Å². The summed E-state index contributed by atoms with van der Waals surface area (Å²) in [7, 11) is 1.73. The fourth-order valence-corrected chi connectivity index (χ4v) is 2.01. The molecule has 2 aromatic heterocycles. The highest BCUT2D eigenvalue weighted by Crippen LogP contribution is 2.01. The highest BCUT2D eigenvalue weighted by atomic mass is 16.2. The third-order valence-corrected chi connectivity index (χ3v) is 3.63. The normalized spacial score (nSPS) is 10.5. The molecule has 0 spiro atoms. The second-order valence-corrected chi connectivity index (χ2v) is 5.33. The van der Waals surface area contributed by atoms with Crippen molar-refractivity contribution in [2.75, 3.05) is 13.6 Å². The first kappa shape index (κ1) is 15.9. The second kappa shape index (κ2) is 6.98. The van der Waals surface area contributed by atoms with E-state index in [-0.39, 0.29) is 18.0 Å². The number of amides is 1. The Morgan fingerprint density at radius 3 is 2.64 bits per heavy atom. The molecular weight excluding hydrogens is 280 g/mol. The van der Waals surface area contributed by atoms with Crippen LogP contribution in [0.3, 0.4) is 0 Å². The van der Waals surface area contributed by atoms with Crippen molar-refractivity contribution in [3.05, 3.63) is 57.8 Å². The molecule has 0 fully saturated rings. The number of likely N-dealkylation sites (N-methyl/N-ethyl adjacent to an activating group) is 1. The Balaban J connectivity index is 1.97. The van der Waals surface area contributed by atoms with Crippen LogP contribution < -0.4 is 5.56 Å². The second-order valence-electron chi connectivity index (χ2n) is 5.33. The molecule has 0 saturated heterocycles. The Labute approximate surface area is 129 Å². The van der Waals surface area contributed by atoms with Crippen LogP contribution >= 0.6 is 0 Å². The van der Waals surface area contributed by atoms with Gasteiger partial charge in [-0.3, -0.25) is 14.6 Å². The summed E-state index contributed by atoms with van der Waals surface area (Å²) in [6.07, 6.45) is 4.21. The van der Waals surface area contributed by atoms with Crippen molar-refractivity contribution in [2.45, 2.75) is 26.8 Å². The average Bonchev–Trinajstić information content (AvgIpc) is 2.51. The number of aromatic nitrogens is 3. The van der Waals surface area contributed by atoms with Crippen molar-refractivity contribution in [3.8, 4) is 0 Å². The van der Waals surface area contributed by atoms with E-state index in [4.69, 9.17) is 0 Å². The molecule has 2 rings (SSSR count). The van der Waals surface area contributed by atoms with Crippen LogP contribution in [-0.4, -0.2) is 39.2 Å². The number of pyridine rings is 1. The molecule has 1 amide bonds. The van der Waals surface area contributed by atoms with Crippen molar-refractivity contribution in [2.24, 2.45) is 0 Å². The number of carbonyl (C=O) groups excluding carboxylic acids is 1. The summed E-state index contributed by atoms with van der Waals surface area (Å²) < 4.78 is 1.22. The predicted molar refractivity (Wildman–Crippen MR) is 83.5 cm³/mol. The largest absolute Gasteiger partial charge is 0.344 e. The number of nitrogens with zero attached hydrogens (tertiary/aromatic N) is 4. The minimum atomic E-state index is -0.251. The Morgan fingerprint density at radius 2 is 1.95 bits per heavy atom. The van der Waals surface area contributed by atoms with Gasteiger partial charge in [-0.2, -0.15) is 5.10 Å². The third-order valence-electron chi connectivity index (χ3n) is 3.63. The molecular formula is C16H20N4O2. The van der Waals surface area contributed by atoms with E-state index in [2.05, 4.69) is 10.1 Å². The molecule has 0 aliphatic rings. The zero-order valence-electron chi connectivity index (χ0n) is 13.1. The summed E-state index contributed by atoms with van der Waals surface area (Å²) in [4.78, 5) is 29.6. The fraction of sp³-hybridized carbons (Fsp3) is 0.375. The molecule has 116 valence electrons. The lowest BCUT2D eigenvalue weighted by Gasteiger charge is -2.17. The van der Waals surface area contributed by atoms with Gasteiger partial charge in [0.2, 0.25) is 5.91 Å². The summed E-state index contributed by atoms with van der Waals surface area (Å²) in [6, 6.07) is 5.36. The number of rotatable bonds is 5. The van der Waals surface area contributed by atoms with Gasteiger partial charge in [-0.1, -0.05) is 0 Å². The first-order valence-electron chi connectivity index (χ1n) is 7.15. The monoisotopic (exact) mass is 300 g/mol. The number of carbonyl (C=O) groups is 1. The van der Waals surface area contributed by atoms with E-state index < -0.39 is 0 Å². The van der Waals surface area contributed by atoms with Gasteiger partial charge in [-0.15, -0.1) is 0 Å². The molecule has 2 heterocycles. The van der Waals surface area contributed by atoms with Gasteiger partial charge in [-0.25, -0.2) is 4.68 Å². The molecule has 0 aliphatic carbocycles. The quantitative estimate of drug-likeness (QED) is 0.824. The molecule has 0 bridgehead atoms. The van der Waals surface area contributed by atoms with Gasteiger partial charge < -0.3 is 4.90 Å². The molecule has 0 atom stereocenters. The Morgan fingerprint density at radius 1 is 1.27 bits per heavy atom. The summed E-state index contributed by atoms with van der Waals surface area (Å²) in [5, 5.41) is 4.16. The summed E-state index contributed by atoms with van der Waals surface area (Å²) >= 11 is 0. The third kappa shape index (κ3) is 4.00. The van der Waals surface area contributed by atoms with Gasteiger partial charge in [0.25, 0.3) is 5.56 Å². The molecule has 0 aliphatic heterocycles. The molecule has 0 saturated carbocycles. The van der Waals surface area contributed by atoms with Crippen LogP contribution in [0.4, 0.5) is 0 Å². The Bertz CT molecular complexity index is 710. The van der Waals surface area contributed by atoms with Crippen molar-refractivity contribution in [3.63, 3.8) is 0 Å². The first-order valence-corrected chi connectivity index (χ1v) is 7.15. The molecule has 22 heavy (non-hydrogen) atoms. The minimum absolute atomic E-state index is 0.0349. The van der Waals surface area contributed by atoms with Crippen LogP contribution in [-0.2, 0) is 17.8 Å². The fourth-order valence-electron chi connectivity index (χ4n) is 2.01. The zero-order chi connectivity index (χ0) is 16.1. The van der Waals surface area contributed by atoms with E-state index in [1.54, 1.807) is 24.3 Å². The average molecular weight is 300 g/mol. The smallest absolute Gasteiger partial charge is 0.267 e. The summed E-state index contributed by atoms with van der Waals surface area (Å²) in [5.74, 6) is -0.132. The SMILES string of the molecule is Cc1cc(=O)n(CC(=O)N(C)CCc2ccncc2)nc1C. The van der Waals surface area contributed by atoms with Crippen molar-refractivity contribution in [1.29, 1.82) is 0 Å². The predicted octanol–water partition coefficient (Wildman–Crippen LogP) is 0.956. The minimum Gasteiger partial charge on any atom is -0.344 e. The van der Waals surface area contributed by atoms with E-state index in [9.17, 15) is 9.59 Å². The van der Waals surface area contributed by atoms with E-state index in [1.165, 1.54) is 10.7 Å². The number of hydrogen-bond acceptors (Lipinski definition) is 4. The van der Waals surface area contributed by atoms with E-state index in [0.29, 0.717) is 6.54 Å². The van der Waals surface area contributed by atoms with Crippen LogP contribution in [0.5, 0.6) is 0 Å². The van der Waals surface area contributed by atoms with E-state index in [1.807, 2.05) is 26.0 Å². The highest BCUT2D eigenvalue weighted by Gasteiger charge is 2.12. The Kier molecular flexibility index (Phi) is 5.04. The zero-order valence-corrected chi connectivity index (χ0v) is 13.1. The lowest BCUT2D eigenvalue weighted by Crippen LogP contribution is -2.36. The topological polar surface area (TPSA) is 68.1 Å². The van der Waals surface area contributed by atoms with Gasteiger partial charge in [0.15, 0.2) is 0 Å². The lowest BCUT2D eigenvalue weighted by molar-refractivity contribution is -0.130. The summed E-state index contributed by atoms with van der Waals surface area (Å²) in [5.41, 5.74) is 2.46. The van der Waals surface area contributed by atoms with E-state index in [0.717, 1.165) is 23.2 Å². The van der Waals surface area contributed by atoms with Crippen LogP contribution in [0.15, 0.2) is 35.4 Å². The van der Waals surface area contributed by atoms with Gasteiger partial charge in [0, 0.05) is 32.1 Å². The van der Waals surface area contributed by atoms with Gasteiger partial charge >= 0.3 is 0 Å². The van der Waals surface area contributed by atoms with Crippen LogP contribution in [0.2, 0.25) is 0 Å². The van der Waals surface area contributed by atoms with Crippen molar-refractivity contribution >= 4 is 5.91 Å². The van der Waals surface area contributed by atoms with Gasteiger partial charge in [0.1, 0.15) is 6.54 Å². The first-order chi connectivity index (χ1) is 10.5. The van der Waals surface area contributed by atoms with Gasteiger partial charge in [0.05, 0.1) is 5.69 Å². The molecule has 0 N–H and O–H groups in total. The summed E-state index contributed by atoms with van der Waals surface area (Å²) in [6.45, 7) is 4.20. The number of aryl methyl sites for hydroxylation is 2. The molecule has 0 aromatic carbocycles. The van der Waals surface area contributed by atoms with Crippen LogP contribution in [0.25, 0.3) is 0 Å². The maximum absolute atomic E-state index is 12.2. The maximum Gasteiger partial charge on any atom is 0.267 e. The van der Waals surface area contributed by atoms with Crippen molar-refractivity contribution in [1.82, 2.24) is 19.7 Å². The standard InChI is InChI=1S/C16H20N4O2/c1-12-10-15(21)20(18-13(12)2)11-16(22)19(3)9-6-14-4-7-17-8-5-14/h4-5,7-8,10H,6,9,11H2,1-3H3. The maximum atomic E-state index is 12.2. The molecule has 0 unspecified atom stereocenters. The molecule has 6 nitrogen and oxygen atoms in total. The molecule has 0 radical (unpaired) electrons. The number of hydrogen-bond donors (Lipinski definition) is 0. The van der Waals surface area contributed by atoms with Gasteiger partial charge in [-0.05, 0) is 43.5 Å². The van der Waals surface area contributed by atoms with Crippen molar-refractivity contribution < 1.29 is 4.79 Å².